The normalized spacial score (nSPS) is 15.3. The molecule has 134 valence electrons. The molecule has 2 aromatic carbocycles. The Morgan fingerprint density at radius 3 is 2.23 bits per heavy atom. The molecule has 0 atom stereocenters. The van der Waals surface area contributed by atoms with Crippen LogP contribution >= 0.6 is 0 Å². The number of piperazine rings is 1. The van der Waals surface area contributed by atoms with Gasteiger partial charge in [-0.2, -0.15) is 0 Å². The number of rotatable bonds is 5. The first-order chi connectivity index (χ1) is 12.8. The Morgan fingerprint density at radius 2 is 1.50 bits per heavy atom. The van der Waals surface area contributed by atoms with E-state index in [1.807, 2.05) is 54.6 Å². The fourth-order valence-corrected chi connectivity index (χ4v) is 3.37. The maximum absolute atomic E-state index is 5.81. The molecule has 0 N–H and O–H groups in total. The van der Waals surface area contributed by atoms with Crippen molar-refractivity contribution < 1.29 is 4.74 Å². The van der Waals surface area contributed by atoms with Crippen LogP contribution in [0.3, 0.4) is 0 Å². The summed E-state index contributed by atoms with van der Waals surface area (Å²) in [6, 6.07) is 18.1. The quantitative estimate of drug-likeness (QED) is 0.708. The lowest BCUT2D eigenvalue weighted by Crippen LogP contribution is -2.48. The fourth-order valence-electron chi connectivity index (χ4n) is 3.37. The minimum absolute atomic E-state index is 0.721. The molecule has 0 bridgehead atoms. The third-order valence-electron chi connectivity index (χ3n) is 4.81. The van der Waals surface area contributed by atoms with Crippen molar-refractivity contribution >= 4 is 16.9 Å². The number of aryl methyl sites for hydroxylation is 1. The molecule has 0 spiro atoms. The van der Waals surface area contributed by atoms with Gasteiger partial charge in [0.2, 0.25) is 0 Å². The smallest absolute Gasteiger partial charge is 0.150 e. The van der Waals surface area contributed by atoms with Gasteiger partial charge in [0.15, 0.2) is 5.82 Å². The molecule has 1 saturated heterocycles. The molecule has 0 unspecified atom stereocenters. The predicted octanol–water partition coefficient (Wildman–Crippen LogP) is 3.14. The van der Waals surface area contributed by atoms with Crippen LogP contribution in [-0.2, 0) is 0 Å². The average molecular weight is 348 g/mol. The molecule has 0 saturated carbocycles. The highest BCUT2D eigenvalue weighted by molar-refractivity contribution is 5.76. The third kappa shape index (κ3) is 3.78. The summed E-state index contributed by atoms with van der Waals surface area (Å²) in [5.74, 6) is 1.96. The monoisotopic (exact) mass is 348 g/mol. The van der Waals surface area contributed by atoms with E-state index in [-0.39, 0.29) is 0 Å². The van der Waals surface area contributed by atoms with E-state index in [1.165, 1.54) is 0 Å². The Hall–Kier alpha value is -2.66. The van der Waals surface area contributed by atoms with Gasteiger partial charge >= 0.3 is 0 Å². The molecule has 0 radical (unpaired) electrons. The molecule has 26 heavy (non-hydrogen) atoms. The van der Waals surface area contributed by atoms with E-state index in [1.54, 1.807) is 0 Å². The number of aromatic nitrogens is 2. The molecule has 1 aromatic heterocycles. The Balaban J connectivity index is 1.33. The topological polar surface area (TPSA) is 41.5 Å². The summed E-state index contributed by atoms with van der Waals surface area (Å²) in [6.45, 7) is 7.70. The highest BCUT2D eigenvalue weighted by Gasteiger charge is 2.20. The van der Waals surface area contributed by atoms with Crippen LogP contribution in [0.15, 0.2) is 54.6 Å². The number of fused-ring (bicyclic) bond motifs is 1. The van der Waals surface area contributed by atoms with Crippen LogP contribution in [0.5, 0.6) is 5.75 Å². The standard InChI is InChI=1S/C21H24N4O/c1-17-21(23-20-10-6-5-9-19(20)22-17)25-13-11-24(12-14-25)15-16-26-18-7-3-2-4-8-18/h2-10H,11-16H2,1H3. The molecule has 1 aliphatic heterocycles. The van der Waals surface area contributed by atoms with Crippen molar-refractivity contribution in [3.63, 3.8) is 0 Å². The zero-order chi connectivity index (χ0) is 17.8. The number of nitrogens with zero attached hydrogens (tertiary/aromatic N) is 4. The molecule has 2 heterocycles. The first-order valence-electron chi connectivity index (χ1n) is 9.18. The minimum atomic E-state index is 0.721. The van der Waals surface area contributed by atoms with Crippen LogP contribution in [0.2, 0.25) is 0 Å². The van der Waals surface area contributed by atoms with Crippen LogP contribution in [0.4, 0.5) is 5.82 Å². The number of ether oxygens (including phenoxy) is 1. The molecule has 3 aromatic rings. The molecule has 4 rings (SSSR count). The SMILES string of the molecule is Cc1nc2ccccc2nc1N1CCN(CCOc2ccccc2)CC1. The highest BCUT2D eigenvalue weighted by Crippen LogP contribution is 2.21. The van der Waals surface area contributed by atoms with Crippen LogP contribution in [0, 0.1) is 6.92 Å². The van der Waals surface area contributed by atoms with Crippen molar-refractivity contribution in [2.24, 2.45) is 0 Å². The van der Waals surface area contributed by atoms with E-state index in [4.69, 9.17) is 14.7 Å². The lowest BCUT2D eigenvalue weighted by molar-refractivity contribution is 0.200. The highest BCUT2D eigenvalue weighted by atomic mass is 16.5. The summed E-state index contributed by atoms with van der Waals surface area (Å²) >= 11 is 0. The van der Waals surface area contributed by atoms with Gasteiger partial charge in [-0.3, -0.25) is 4.90 Å². The Morgan fingerprint density at radius 1 is 0.846 bits per heavy atom. The van der Waals surface area contributed by atoms with E-state index in [2.05, 4.69) is 16.7 Å². The van der Waals surface area contributed by atoms with Crippen molar-refractivity contribution in [3.8, 4) is 5.75 Å². The molecular weight excluding hydrogens is 324 g/mol. The maximum atomic E-state index is 5.81. The lowest BCUT2D eigenvalue weighted by Gasteiger charge is -2.35. The van der Waals surface area contributed by atoms with E-state index >= 15 is 0 Å². The van der Waals surface area contributed by atoms with Gasteiger partial charge in [0.1, 0.15) is 12.4 Å². The van der Waals surface area contributed by atoms with Gasteiger partial charge in [-0.05, 0) is 31.2 Å². The zero-order valence-corrected chi connectivity index (χ0v) is 15.1. The van der Waals surface area contributed by atoms with Crippen molar-refractivity contribution in [3.05, 3.63) is 60.3 Å². The maximum Gasteiger partial charge on any atom is 0.150 e. The first-order valence-corrected chi connectivity index (χ1v) is 9.18. The van der Waals surface area contributed by atoms with Crippen molar-refractivity contribution in [1.82, 2.24) is 14.9 Å². The Bertz CT molecular complexity index is 860. The largest absolute Gasteiger partial charge is 0.492 e. The molecular formula is C21H24N4O. The van der Waals surface area contributed by atoms with Crippen molar-refractivity contribution in [1.29, 1.82) is 0 Å². The van der Waals surface area contributed by atoms with Gasteiger partial charge in [0.05, 0.1) is 16.7 Å². The number of para-hydroxylation sites is 3. The summed E-state index contributed by atoms with van der Waals surface area (Å²) < 4.78 is 5.81. The zero-order valence-electron chi connectivity index (χ0n) is 15.1. The van der Waals surface area contributed by atoms with Crippen LogP contribution in [0.1, 0.15) is 5.69 Å². The number of anilines is 1. The van der Waals surface area contributed by atoms with Gasteiger partial charge < -0.3 is 9.64 Å². The van der Waals surface area contributed by atoms with Crippen LogP contribution < -0.4 is 9.64 Å². The second-order valence-electron chi connectivity index (χ2n) is 6.61. The van der Waals surface area contributed by atoms with E-state index in [0.717, 1.165) is 67.6 Å². The van der Waals surface area contributed by atoms with Gasteiger partial charge in [-0.1, -0.05) is 30.3 Å². The second-order valence-corrected chi connectivity index (χ2v) is 6.61. The Labute approximate surface area is 154 Å². The van der Waals surface area contributed by atoms with Gasteiger partial charge in [0, 0.05) is 32.7 Å². The molecule has 1 aliphatic rings. The summed E-state index contributed by atoms with van der Waals surface area (Å²) in [7, 11) is 0. The van der Waals surface area contributed by atoms with Crippen LogP contribution in [0.25, 0.3) is 11.0 Å². The molecule has 1 fully saturated rings. The van der Waals surface area contributed by atoms with E-state index in [0.29, 0.717) is 0 Å². The predicted molar refractivity (Wildman–Crippen MR) is 105 cm³/mol. The molecule has 0 aliphatic carbocycles. The van der Waals surface area contributed by atoms with Gasteiger partial charge in [0.25, 0.3) is 0 Å². The number of hydrogen-bond acceptors (Lipinski definition) is 5. The summed E-state index contributed by atoms with van der Waals surface area (Å²) in [6.07, 6.45) is 0. The van der Waals surface area contributed by atoms with E-state index in [9.17, 15) is 0 Å². The summed E-state index contributed by atoms with van der Waals surface area (Å²) in [4.78, 5) is 14.4. The van der Waals surface area contributed by atoms with Crippen LogP contribution in [-0.4, -0.2) is 54.2 Å². The second kappa shape index (κ2) is 7.70. The first kappa shape index (κ1) is 16.8. The minimum Gasteiger partial charge on any atom is -0.492 e. The fraction of sp³-hybridized carbons (Fsp3) is 0.333. The number of benzene rings is 2. The molecule has 0 amide bonds. The third-order valence-corrected chi connectivity index (χ3v) is 4.81. The van der Waals surface area contributed by atoms with Gasteiger partial charge in [-0.25, -0.2) is 9.97 Å². The van der Waals surface area contributed by atoms with Crippen molar-refractivity contribution in [2.45, 2.75) is 6.92 Å². The lowest BCUT2D eigenvalue weighted by atomic mass is 10.2. The number of hydrogen-bond donors (Lipinski definition) is 0. The van der Waals surface area contributed by atoms with E-state index < -0.39 is 0 Å². The van der Waals surface area contributed by atoms with Crippen molar-refractivity contribution in [2.75, 3.05) is 44.2 Å². The average Bonchev–Trinajstić information content (AvgIpc) is 2.69. The van der Waals surface area contributed by atoms with Gasteiger partial charge in [-0.15, -0.1) is 0 Å². The molecule has 5 heteroatoms. The molecule has 5 nitrogen and oxygen atoms in total. The summed E-state index contributed by atoms with van der Waals surface area (Å²) in [5, 5.41) is 0. The summed E-state index contributed by atoms with van der Waals surface area (Å²) in [5.41, 5.74) is 2.93. The Kier molecular flexibility index (Phi) is 4.97.